The van der Waals surface area contributed by atoms with Crippen LogP contribution in [0.15, 0.2) is 30.3 Å². The number of carbonyl (C=O) groups is 3. The molecule has 4 rings (SSSR count). The normalized spacial score (nSPS) is 26.8. The average Bonchev–Trinajstić information content (AvgIpc) is 3.34. The maximum atomic E-state index is 12.6. The predicted molar refractivity (Wildman–Crippen MR) is 94.9 cm³/mol. The monoisotopic (exact) mass is 372 g/mol. The van der Waals surface area contributed by atoms with Crippen molar-refractivity contribution >= 4 is 17.8 Å². The number of imide groups is 1. The number of fused-ring (bicyclic) bond motifs is 2. The smallest absolute Gasteiger partial charge is 0.307 e. The van der Waals surface area contributed by atoms with Crippen LogP contribution in [-0.2, 0) is 30.6 Å². The van der Waals surface area contributed by atoms with E-state index in [2.05, 4.69) is 0 Å². The van der Waals surface area contributed by atoms with E-state index in [9.17, 15) is 14.4 Å². The van der Waals surface area contributed by atoms with Crippen LogP contribution in [0.5, 0.6) is 0 Å². The van der Waals surface area contributed by atoms with Crippen molar-refractivity contribution in [2.24, 2.45) is 5.92 Å². The lowest BCUT2D eigenvalue weighted by molar-refractivity contribution is -0.197. The Bertz CT molecular complexity index is 744. The molecule has 7 heteroatoms. The third-order valence-electron chi connectivity index (χ3n) is 6.02. The van der Waals surface area contributed by atoms with Gasteiger partial charge < -0.3 is 4.74 Å². The highest BCUT2D eigenvalue weighted by Crippen LogP contribution is 2.51. The average molecular weight is 372 g/mol. The lowest BCUT2D eigenvalue weighted by Gasteiger charge is -2.35. The van der Waals surface area contributed by atoms with E-state index in [1.165, 1.54) is 11.9 Å². The van der Waals surface area contributed by atoms with Crippen molar-refractivity contribution in [1.82, 2.24) is 9.96 Å². The van der Waals surface area contributed by atoms with Gasteiger partial charge in [0, 0.05) is 13.6 Å². The molecule has 144 valence electrons. The Morgan fingerprint density at radius 3 is 2.59 bits per heavy atom. The summed E-state index contributed by atoms with van der Waals surface area (Å²) in [6.45, 7) is 0.559. The van der Waals surface area contributed by atoms with Gasteiger partial charge >= 0.3 is 5.97 Å². The Balaban J connectivity index is 1.39. The molecule has 2 amide bonds. The van der Waals surface area contributed by atoms with Crippen LogP contribution in [0.25, 0.3) is 0 Å². The van der Waals surface area contributed by atoms with Crippen LogP contribution in [0.2, 0.25) is 0 Å². The molecular formula is C20H24N2O5. The number of amides is 2. The number of carbonyl (C=O) groups excluding carboxylic acids is 3. The largest absolute Gasteiger partial charge is 0.461 e. The first-order valence-electron chi connectivity index (χ1n) is 9.48. The highest BCUT2D eigenvalue weighted by atomic mass is 16.7. The molecule has 2 aliphatic heterocycles. The van der Waals surface area contributed by atoms with E-state index in [0.29, 0.717) is 6.54 Å². The molecule has 1 saturated carbocycles. The Hall–Kier alpha value is -2.25. The zero-order valence-electron chi connectivity index (χ0n) is 15.4. The highest BCUT2D eigenvalue weighted by molar-refractivity contribution is 6.07. The second-order valence-corrected chi connectivity index (χ2v) is 7.55. The molecule has 0 bridgehead atoms. The quantitative estimate of drug-likeness (QED) is 0.578. The molecule has 0 N–H and O–H groups in total. The molecule has 1 aromatic rings. The van der Waals surface area contributed by atoms with Gasteiger partial charge in [0.05, 0.1) is 17.9 Å². The maximum Gasteiger partial charge on any atom is 0.307 e. The van der Waals surface area contributed by atoms with Crippen LogP contribution in [0.1, 0.15) is 37.7 Å². The zero-order chi connectivity index (χ0) is 19.0. The van der Waals surface area contributed by atoms with Gasteiger partial charge in [0.1, 0.15) is 6.61 Å². The molecule has 3 fully saturated rings. The standard InChI is InChI=1S/C20H24N2O5/c1-21-18(24)16-17(19(21)25)27-22(20(16)10-5-6-11-20)12-9-15(23)26-13-14-7-3-2-4-8-14/h2-4,7-8,16-17H,5-6,9-13H2,1H3/t16-,17+/m1/s1. The summed E-state index contributed by atoms with van der Waals surface area (Å²) in [6.07, 6.45) is 3.01. The van der Waals surface area contributed by atoms with Gasteiger partial charge in [0.15, 0.2) is 6.10 Å². The minimum atomic E-state index is -0.749. The number of nitrogens with zero attached hydrogens (tertiary/aromatic N) is 2. The van der Waals surface area contributed by atoms with Crippen molar-refractivity contribution in [1.29, 1.82) is 0 Å². The van der Waals surface area contributed by atoms with Crippen molar-refractivity contribution in [2.75, 3.05) is 13.6 Å². The number of likely N-dealkylation sites (tertiary alicyclic amines) is 1. The van der Waals surface area contributed by atoms with Crippen LogP contribution < -0.4 is 0 Å². The summed E-state index contributed by atoms with van der Waals surface area (Å²) in [5, 5.41) is 1.74. The Labute approximate surface area is 158 Å². The van der Waals surface area contributed by atoms with Gasteiger partial charge in [-0.15, -0.1) is 0 Å². The van der Waals surface area contributed by atoms with Crippen molar-refractivity contribution < 1.29 is 24.0 Å². The number of ether oxygens (including phenoxy) is 1. The maximum absolute atomic E-state index is 12.6. The Morgan fingerprint density at radius 1 is 1.19 bits per heavy atom. The number of hydrogen-bond acceptors (Lipinski definition) is 6. The van der Waals surface area contributed by atoms with Crippen molar-refractivity contribution in [3.8, 4) is 0 Å². The topological polar surface area (TPSA) is 76.2 Å². The van der Waals surface area contributed by atoms with Crippen molar-refractivity contribution in [3.63, 3.8) is 0 Å². The van der Waals surface area contributed by atoms with Crippen LogP contribution in [0, 0.1) is 5.92 Å². The highest BCUT2D eigenvalue weighted by Gasteiger charge is 2.66. The van der Waals surface area contributed by atoms with E-state index in [1.54, 1.807) is 5.06 Å². The molecule has 0 aromatic heterocycles. The summed E-state index contributed by atoms with van der Waals surface area (Å²) in [7, 11) is 1.51. The van der Waals surface area contributed by atoms with Gasteiger partial charge in [0.25, 0.3) is 5.91 Å². The first kappa shape index (κ1) is 18.1. The van der Waals surface area contributed by atoms with Crippen molar-refractivity contribution in [2.45, 2.75) is 50.4 Å². The molecule has 0 unspecified atom stereocenters. The summed E-state index contributed by atoms with van der Waals surface area (Å²) in [4.78, 5) is 44.2. The molecule has 1 spiro atoms. The zero-order valence-corrected chi connectivity index (χ0v) is 15.4. The molecule has 1 aromatic carbocycles. The summed E-state index contributed by atoms with van der Waals surface area (Å²) >= 11 is 0. The minimum absolute atomic E-state index is 0.159. The fourth-order valence-corrected chi connectivity index (χ4v) is 4.62. The second kappa shape index (κ2) is 7.05. The molecule has 2 saturated heterocycles. The van der Waals surface area contributed by atoms with Gasteiger partial charge in [-0.1, -0.05) is 43.2 Å². The molecule has 27 heavy (non-hydrogen) atoms. The van der Waals surface area contributed by atoms with E-state index >= 15 is 0 Å². The predicted octanol–water partition coefficient (Wildman–Crippen LogP) is 1.66. The Morgan fingerprint density at radius 2 is 1.89 bits per heavy atom. The van der Waals surface area contributed by atoms with Crippen LogP contribution in [0.3, 0.4) is 0 Å². The van der Waals surface area contributed by atoms with E-state index in [1.807, 2.05) is 30.3 Å². The minimum Gasteiger partial charge on any atom is -0.461 e. The van der Waals surface area contributed by atoms with Crippen LogP contribution in [0.4, 0.5) is 0 Å². The fraction of sp³-hybridized carbons (Fsp3) is 0.550. The number of esters is 1. The van der Waals surface area contributed by atoms with Gasteiger partial charge in [-0.2, -0.15) is 5.06 Å². The molecule has 0 radical (unpaired) electrons. The number of hydroxylamine groups is 2. The van der Waals surface area contributed by atoms with Gasteiger partial charge in [-0.05, 0) is 18.4 Å². The molecule has 7 nitrogen and oxygen atoms in total. The van der Waals surface area contributed by atoms with Crippen LogP contribution in [-0.4, -0.2) is 53.0 Å². The second-order valence-electron chi connectivity index (χ2n) is 7.55. The van der Waals surface area contributed by atoms with Crippen LogP contribution >= 0.6 is 0 Å². The summed E-state index contributed by atoms with van der Waals surface area (Å²) < 4.78 is 5.33. The molecule has 2 atom stereocenters. The summed E-state index contributed by atoms with van der Waals surface area (Å²) in [5.74, 6) is -1.23. The van der Waals surface area contributed by atoms with Gasteiger partial charge in [-0.3, -0.25) is 24.1 Å². The Kier molecular flexibility index (Phi) is 4.74. The number of rotatable bonds is 5. The SMILES string of the molecule is CN1C(=O)[C@H]2ON(CCC(=O)OCc3ccccc3)C3(CCCC3)[C@H]2C1=O. The molecule has 1 aliphatic carbocycles. The molecule has 2 heterocycles. The lowest BCUT2D eigenvalue weighted by atomic mass is 9.80. The number of likely N-dealkylation sites (N-methyl/N-ethyl adjacent to an activating group) is 1. The first-order valence-corrected chi connectivity index (χ1v) is 9.48. The summed E-state index contributed by atoms with van der Waals surface area (Å²) in [6, 6.07) is 9.51. The lowest BCUT2D eigenvalue weighted by Crippen LogP contribution is -2.49. The van der Waals surface area contributed by atoms with E-state index in [0.717, 1.165) is 31.2 Å². The number of hydrogen-bond donors (Lipinski definition) is 0. The summed E-state index contributed by atoms with van der Waals surface area (Å²) in [5.41, 5.74) is 0.464. The van der Waals surface area contributed by atoms with E-state index in [4.69, 9.17) is 9.57 Å². The van der Waals surface area contributed by atoms with E-state index < -0.39 is 17.6 Å². The van der Waals surface area contributed by atoms with Crippen molar-refractivity contribution in [3.05, 3.63) is 35.9 Å². The first-order chi connectivity index (χ1) is 13.0. The third-order valence-corrected chi connectivity index (χ3v) is 6.02. The van der Waals surface area contributed by atoms with Gasteiger partial charge in [0.2, 0.25) is 5.91 Å². The third kappa shape index (κ3) is 3.04. The van der Waals surface area contributed by atoms with E-state index in [-0.39, 0.29) is 30.8 Å². The molecule has 3 aliphatic rings. The van der Waals surface area contributed by atoms with Gasteiger partial charge in [-0.25, -0.2) is 0 Å². The fourth-order valence-electron chi connectivity index (χ4n) is 4.62. The molecular weight excluding hydrogens is 348 g/mol. The number of benzene rings is 1.